The molecule has 0 spiro atoms. The fraction of sp³-hybridized carbons (Fsp3) is 0.357. The van der Waals surface area contributed by atoms with Crippen LogP contribution in [0.15, 0.2) is 18.2 Å². The molecule has 0 aliphatic carbocycles. The highest BCUT2D eigenvalue weighted by Crippen LogP contribution is 2.32. The van der Waals surface area contributed by atoms with Crippen LogP contribution >= 0.6 is 11.6 Å². The lowest BCUT2D eigenvalue weighted by molar-refractivity contribution is 0.397. The summed E-state index contributed by atoms with van der Waals surface area (Å²) in [6.07, 6.45) is 0.803. The van der Waals surface area contributed by atoms with Crippen LogP contribution in [0.4, 0.5) is 0 Å². The molecule has 4 heteroatoms. The standard InChI is InChI=1S/C14H16ClNO2/c1-9-6-10(4-5-15)12-7-11(17-2)8-13(18-3)14(12)16-9/h6-8H,4-5H2,1-3H3. The molecule has 18 heavy (non-hydrogen) atoms. The number of rotatable bonds is 4. The summed E-state index contributed by atoms with van der Waals surface area (Å²) in [5.74, 6) is 2.07. The third kappa shape index (κ3) is 2.36. The monoisotopic (exact) mass is 265 g/mol. The fourth-order valence-corrected chi connectivity index (χ4v) is 2.27. The molecule has 0 N–H and O–H groups in total. The molecule has 0 aliphatic rings. The van der Waals surface area contributed by atoms with Gasteiger partial charge in [-0.15, -0.1) is 11.6 Å². The van der Waals surface area contributed by atoms with Crippen LogP contribution in [-0.4, -0.2) is 25.1 Å². The van der Waals surface area contributed by atoms with Gasteiger partial charge in [0.05, 0.1) is 14.2 Å². The zero-order valence-corrected chi connectivity index (χ0v) is 11.5. The number of fused-ring (bicyclic) bond motifs is 1. The predicted octanol–water partition coefficient (Wildman–Crippen LogP) is 3.34. The number of pyridine rings is 1. The zero-order valence-electron chi connectivity index (χ0n) is 10.8. The van der Waals surface area contributed by atoms with Crippen molar-refractivity contribution in [2.45, 2.75) is 13.3 Å². The average molecular weight is 266 g/mol. The van der Waals surface area contributed by atoms with Crippen molar-refractivity contribution in [3.05, 3.63) is 29.5 Å². The summed E-state index contributed by atoms with van der Waals surface area (Å²) in [6, 6.07) is 5.88. The molecule has 0 aliphatic heterocycles. The number of nitrogens with zero attached hydrogens (tertiary/aromatic N) is 1. The van der Waals surface area contributed by atoms with Gasteiger partial charge in [0.15, 0.2) is 0 Å². The second kappa shape index (κ2) is 5.44. The van der Waals surface area contributed by atoms with Gasteiger partial charge in [-0.2, -0.15) is 0 Å². The Morgan fingerprint density at radius 3 is 2.56 bits per heavy atom. The Labute approximate surface area is 112 Å². The summed E-state index contributed by atoms with van der Waals surface area (Å²) in [5, 5.41) is 1.04. The van der Waals surface area contributed by atoms with Crippen molar-refractivity contribution < 1.29 is 9.47 Å². The highest BCUT2D eigenvalue weighted by atomic mass is 35.5. The number of halogens is 1. The molecule has 0 saturated heterocycles. The Kier molecular flexibility index (Phi) is 3.92. The average Bonchev–Trinajstić information content (AvgIpc) is 2.38. The Hall–Kier alpha value is -1.48. The van der Waals surface area contributed by atoms with E-state index in [0.29, 0.717) is 5.88 Å². The van der Waals surface area contributed by atoms with E-state index >= 15 is 0 Å². The van der Waals surface area contributed by atoms with Crippen molar-refractivity contribution in [1.82, 2.24) is 4.98 Å². The van der Waals surface area contributed by atoms with Gasteiger partial charge in [0.1, 0.15) is 17.0 Å². The molecule has 0 bridgehead atoms. The largest absolute Gasteiger partial charge is 0.497 e. The molecule has 0 saturated carbocycles. The topological polar surface area (TPSA) is 31.4 Å². The Morgan fingerprint density at radius 1 is 1.17 bits per heavy atom. The Morgan fingerprint density at radius 2 is 1.94 bits per heavy atom. The minimum absolute atomic E-state index is 0.581. The molecule has 0 radical (unpaired) electrons. The molecule has 2 rings (SSSR count). The summed E-state index contributed by atoms with van der Waals surface area (Å²) in [5.41, 5.74) is 2.99. The van der Waals surface area contributed by atoms with Gasteiger partial charge in [-0.05, 0) is 31.0 Å². The van der Waals surface area contributed by atoms with Crippen molar-refractivity contribution in [3.8, 4) is 11.5 Å². The minimum atomic E-state index is 0.581. The number of benzene rings is 1. The van der Waals surface area contributed by atoms with E-state index in [1.54, 1.807) is 14.2 Å². The molecule has 0 atom stereocenters. The Balaban J connectivity index is 2.76. The van der Waals surface area contributed by atoms with Crippen molar-refractivity contribution in [1.29, 1.82) is 0 Å². The summed E-state index contributed by atoms with van der Waals surface area (Å²) in [4.78, 5) is 4.54. The van der Waals surface area contributed by atoms with Crippen LogP contribution in [0.25, 0.3) is 10.9 Å². The molecule has 0 amide bonds. The smallest absolute Gasteiger partial charge is 0.148 e. The molecule has 96 valence electrons. The van der Waals surface area contributed by atoms with Gasteiger partial charge < -0.3 is 9.47 Å². The predicted molar refractivity (Wildman–Crippen MR) is 74.0 cm³/mol. The highest BCUT2D eigenvalue weighted by Gasteiger charge is 2.11. The van der Waals surface area contributed by atoms with E-state index in [0.717, 1.165) is 34.5 Å². The molecule has 2 aromatic rings. The fourth-order valence-electron chi connectivity index (χ4n) is 2.06. The van der Waals surface area contributed by atoms with E-state index in [-0.39, 0.29) is 0 Å². The number of alkyl halides is 1. The minimum Gasteiger partial charge on any atom is -0.497 e. The van der Waals surface area contributed by atoms with Crippen LogP contribution in [0, 0.1) is 6.92 Å². The van der Waals surface area contributed by atoms with Gasteiger partial charge in [0, 0.05) is 23.0 Å². The number of hydrogen-bond donors (Lipinski definition) is 0. The summed E-state index contributed by atoms with van der Waals surface area (Å²) in [6.45, 7) is 1.97. The molecule has 3 nitrogen and oxygen atoms in total. The summed E-state index contributed by atoms with van der Waals surface area (Å²) >= 11 is 5.85. The third-order valence-electron chi connectivity index (χ3n) is 2.89. The van der Waals surface area contributed by atoms with Gasteiger partial charge >= 0.3 is 0 Å². The number of ether oxygens (including phenoxy) is 2. The molecule has 1 heterocycles. The van der Waals surface area contributed by atoms with Crippen LogP contribution in [0.3, 0.4) is 0 Å². The lowest BCUT2D eigenvalue weighted by Crippen LogP contribution is -1.97. The first kappa shape index (κ1) is 13.0. The molecule has 1 aromatic carbocycles. The second-order valence-corrected chi connectivity index (χ2v) is 4.47. The van der Waals surface area contributed by atoms with Crippen LogP contribution < -0.4 is 9.47 Å². The van der Waals surface area contributed by atoms with E-state index in [1.807, 2.05) is 19.1 Å². The summed E-state index contributed by atoms with van der Waals surface area (Å²) in [7, 11) is 3.28. The third-order valence-corrected chi connectivity index (χ3v) is 3.07. The van der Waals surface area contributed by atoms with Gasteiger partial charge in [-0.3, -0.25) is 0 Å². The molecule has 0 unspecified atom stereocenters. The number of aromatic nitrogens is 1. The van der Waals surface area contributed by atoms with E-state index in [1.165, 1.54) is 5.56 Å². The van der Waals surface area contributed by atoms with Crippen LogP contribution in [0.1, 0.15) is 11.3 Å². The van der Waals surface area contributed by atoms with Crippen molar-refractivity contribution >= 4 is 22.5 Å². The first-order chi connectivity index (χ1) is 8.69. The van der Waals surface area contributed by atoms with Crippen molar-refractivity contribution in [3.63, 3.8) is 0 Å². The van der Waals surface area contributed by atoms with E-state index in [4.69, 9.17) is 21.1 Å². The van der Waals surface area contributed by atoms with Crippen molar-refractivity contribution in [2.24, 2.45) is 0 Å². The number of methoxy groups -OCH3 is 2. The van der Waals surface area contributed by atoms with E-state index in [9.17, 15) is 0 Å². The lowest BCUT2D eigenvalue weighted by atomic mass is 10.0. The van der Waals surface area contributed by atoms with Gasteiger partial charge in [0.25, 0.3) is 0 Å². The molecular weight excluding hydrogens is 250 g/mol. The number of aryl methyl sites for hydroxylation is 2. The summed E-state index contributed by atoms with van der Waals surface area (Å²) < 4.78 is 10.7. The lowest BCUT2D eigenvalue weighted by Gasteiger charge is -2.12. The first-order valence-electron chi connectivity index (χ1n) is 5.77. The van der Waals surface area contributed by atoms with Gasteiger partial charge in [-0.25, -0.2) is 4.98 Å². The van der Waals surface area contributed by atoms with Crippen molar-refractivity contribution in [2.75, 3.05) is 20.1 Å². The second-order valence-electron chi connectivity index (χ2n) is 4.09. The van der Waals surface area contributed by atoms with Gasteiger partial charge in [-0.1, -0.05) is 0 Å². The molecule has 0 fully saturated rings. The molecular formula is C14H16ClNO2. The normalized spacial score (nSPS) is 10.7. The zero-order chi connectivity index (χ0) is 13.1. The number of hydrogen-bond acceptors (Lipinski definition) is 3. The van der Waals surface area contributed by atoms with Crippen LogP contribution in [0.5, 0.6) is 11.5 Å². The maximum absolute atomic E-state index is 5.85. The maximum Gasteiger partial charge on any atom is 0.148 e. The van der Waals surface area contributed by atoms with E-state index < -0.39 is 0 Å². The highest BCUT2D eigenvalue weighted by molar-refractivity contribution is 6.18. The van der Waals surface area contributed by atoms with E-state index in [2.05, 4.69) is 11.1 Å². The quantitative estimate of drug-likeness (QED) is 0.795. The molecule has 1 aromatic heterocycles. The first-order valence-corrected chi connectivity index (χ1v) is 6.31. The van der Waals surface area contributed by atoms with Crippen LogP contribution in [-0.2, 0) is 6.42 Å². The van der Waals surface area contributed by atoms with Gasteiger partial charge in [0.2, 0.25) is 0 Å². The SMILES string of the molecule is COc1cc(OC)c2nc(C)cc(CCCl)c2c1. The Bertz CT molecular complexity index is 569. The van der Waals surface area contributed by atoms with Crippen LogP contribution in [0.2, 0.25) is 0 Å². The maximum atomic E-state index is 5.85.